The van der Waals surface area contributed by atoms with E-state index in [9.17, 15) is 9.59 Å². The number of nitrogens with zero attached hydrogens (tertiary/aromatic N) is 3. The topological polar surface area (TPSA) is 77.0 Å². The summed E-state index contributed by atoms with van der Waals surface area (Å²) in [7, 11) is 0. The van der Waals surface area contributed by atoms with Crippen LogP contribution >= 0.6 is 11.3 Å². The molecule has 4 rings (SSSR count). The highest BCUT2D eigenvalue weighted by Gasteiger charge is 2.21. The van der Waals surface area contributed by atoms with Crippen molar-refractivity contribution in [1.29, 1.82) is 0 Å². The van der Waals surface area contributed by atoms with Crippen LogP contribution in [0, 0.1) is 13.8 Å². The van der Waals surface area contributed by atoms with E-state index in [1.54, 1.807) is 23.1 Å². The highest BCUT2D eigenvalue weighted by Crippen LogP contribution is 2.14. The maximum Gasteiger partial charge on any atom is 0.289 e. The van der Waals surface area contributed by atoms with Gasteiger partial charge in [-0.05, 0) is 38.1 Å². The van der Waals surface area contributed by atoms with Crippen molar-refractivity contribution >= 4 is 23.2 Å². The van der Waals surface area contributed by atoms with Gasteiger partial charge in [0.05, 0.1) is 19.8 Å². The lowest BCUT2D eigenvalue weighted by molar-refractivity contribution is 0.0281. The van der Waals surface area contributed by atoms with Crippen molar-refractivity contribution in [3.05, 3.63) is 74.9 Å². The molecular formula is C22H23N3O4S. The molecule has 1 aromatic carbocycles. The zero-order chi connectivity index (χ0) is 21.1. The van der Waals surface area contributed by atoms with Gasteiger partial charge in [-0.25, -0.2) is 0 Å². The van der Waals surface area contributed by atoms with E-state index in [-0.39, 0.29) is 11.8 Å². The molecule has 1 saturated heterocycles. The van der Waals surface area contributed by atoms with Crippen molar-refractivity contribution in [2.45, 2.75) is 20.4 Å². The van der Waals surface area contributed by atoms with E-state index in [1.165, 1.54) is 11.3 Å². The fraction of sp³-hybridized carbons (Fsp3) is 0.318. The van der Waals surface area contributed by atoms with Crippen LogP contribution in [-0.2, 0) is 11.3 Å². The molecule has 2 amide bonds. The number of carbonyl (C=O) groups excluding carboxylic acids is 2. The van der Waals surface area contributed by atoms with Crippen molar-refractivity contribution in [3.63, 3.8) is 0 Å². The van der Waals surface area contributed by atoms with Crippen LogP contribution in [0.1, 0.15) is 37.9 Å². The van der Waals surface area contributed by atoms with Gasteiger partial charge in [0.15, 0.2) is 10.6 Å². The quantitative estimate of drug-likeness (QED) is 0.644. The van der Waals surface area contributed by atoms with Crippen LogP contribution in [0.15, 0.2) is 51.2 Å². The monoisotopic (exact) mass is 425 g/mol. The number of thiazole rings is 1. The van der Waals surface area contributed by atoms with Gasteiger partial charge < -0.3 is 18.6 Å². The summed E-state index contributed by atoms with van der Waals surface area (Å²) in [5.74, 6) is 0.542. The molecule has 0 unspecified atom stereocenters. The molecule has 0 radical (unpaired) electrons. The molecule has 1 aliphatic rings. The number of ether oxygens (including phenoxy) is 1. The fourth-order valence-corrected chi connectivity index (χ4v) is 4.16. The molecule has 3 aromatic rings. The molecule has 2 aromatic heterocycles. The van der Waals surface area contributed by atoms with E-state index in [0.29, 0.717) is 54.7 Å². The Bertz CT molecular complexity index is 1140. The molecule has 0 N–H and O–H groups in total. The first kappa shape index (κ1) is 20.3. The van der Waals surface area contributed by atoms with Gasteiger partial charge in [-0.1, -0.05) is 17.7 Å². The fourth-order valence-electron chi connectivity index (χ4n) is 3.28. The summed E-state index contributed by atoms with van der Waals surface area (Å²) in [6.07, 6.45) is 0. The molecule has 7 nitrogen and oxygen atoms in total. The lowest BCUT2D eigenvalue weighted by Crippen LogP contribution is -2.40. The Kier molecular flexibility index (Phi) is 5.96. The molecular weight excluding hydrogens is 402 g/mol. The molecule has 1 fully saturated rings. The number of benzene rings is 1. The summed E-state index contributed by atoms with van der Waals surface area (Å²) in [5.41, 5.74) is 2.54. The van der Waals surface area contributed by atoms with Gasteiger partial charge >= 0.3 is 0 Å². The second-order valence-electron chi connectivity index (χ2n) is 7.20. The van der Waals surface area contributed by atoms with Crippen molar-refractivity contribution in [3.8, 4) is 0 Å². The van der Waals surface area contributed by atoms with Crippen LogP contribution in [0.5, 0.6) is 0 Å². The summed E-state index contributed by atoms with van der Waals surface area (Å²) >= 11 is 1.40. The number of carbonyl (C=O) groups is 2. The van der Waals surface area contributed by atoms with Gasteiger partial charge in [0, 0.05) is 29.7 Å². The first-order valence-electron chi connectivity index (χ1n) is 9.77. The number of hydrogen-bond acceptors (Lipinski definition) is 5. The van der Waals surface area contributed by atoms with E-state index in [0.717, 1.165) is 11.3 Å². The lowest BCUT2D eigenvalue weighted by atomic mass is 10.1. The van der Waals surface area contributed by atoms with Crippen LogP contribution in [0.3, 0.4) is 0 Å². The Morgan fingerprint density at radius 1 is 1.13 bits per heavy atom. The lowest BCUT2D eigenvalue weighted by Gasteiger charge is -2.25. The predicted molar refractivity (Wildman–Crippen MR) is 113 cm³/mol. The van der Waals surface area contributed by atoms with Gasteiger partial charge in [-0.3, -0.25) is 9.59 Å². The van der Waals surface area contributed by atoms with Crippen molar-refractivity contribution in [2.75, 3.05) is 26.3 Å². The van der Waals surface area contributed by atoms with E-state index >= 15 is 0 Å². The zero-order valence-corrected chi connectivity index (χ0v) is 17.8. The van der Waals surface area contributed by atoms with Gasteiger partial charge in [0.1, 0.15) is 5.76 Å². The Morgan fingerprint density at radius 2 is 1.93 bits per heavy atom. The minimum absolute atomic E-state index is 0.129. The molecule has 3 heterocycles. The van der Waals surface area contributed by atoms with Gasteiger partial charge in [0.2, 0.25) is 0 Å². The summed E-state index contributed by atoms with van der Waals surface area (Å²) < 4.78 is 13.0. The molecule has 0 atom stereocenters. The largest absolute Gasteiger partial charge is 0.454 e. The molecule has 30 heavy (non-hydrogen) atoms. The molecule has 0 saturated carbocycles. The third-order valence-electron chi connectivity index (χ3n) is 4.94. The van der Waals surface area contributed by atoms with Crippen molar-refractivity contribution in [1.82, 2.24) is 9.47 Å². The van der Waals surface area contributed by atoms with Gasteiger partial charge in [0.25, 0.3) is 11.8 Å². The highest BCUT2D eigenvalue weighted by molar-refractivity contribution is 7.07. The van der Waals surface area contributed by atoms with Crippen molar-refractivity contribution < 1.29 is 18.7 Å². The maximum absolute atomic E-state index is 12.6. The van der Waals surface area contributed by atoms with E-state index in [4.69, 9.17) is 9.15 Å². The van der Waals surface area contributed by atoms with Crippen LogP contribution in [-0.4, -0.2) is 47.6 Å². The number of amides is 2. The smallest absolute Gasteiger partial charge is 0.289 e. The number of aryl methyl sites for hydroxylation is 2. The van der Waals surface area contributed by atoms with Crippen LogP contribution < -0.4 is 4.80 Å². The number of rotatable bonds is 4. The number of aromatic nitrogens is 1. The zero-order valence-electron chi connectivity index (χ0n) is 17.0. The van der Waals surface area contributed by atoms with Crippen molar-refractivity contribution in [2.24, 2.45) is 4.99 Å². The Hall–Kier alpha value is -2.97. The van der Waals surface area contributed by atoms with E-state index in [1.807, 2.05) is 42.0 Å². The Balaban J connectivity index is 1.55. The number of hydrogen-bond donors (Lipinski definition) is 0. The first-order valence-corrected chi connectivity index (χ1v) is 10.7. The summed E-state index contributed by atoms with van der Waals surface area (Å²) in [5, 5.41) is 1.95. The van der Waals surface area contributed by atoms with E-state index < -0.39 is 0 Å². The van der Waals surface area contributed by atoms with Gasteiger partial charge in [-0.15, -0.1) is 11.3 Å². The molecule has 0 aliphatic carbocycles. The molecule has 0 bridgehead atoms. The second kappa shape index (κ2) is 8.81. The normalized spacial score (nSPS) is 14.9. The minimum atomic E-state index is -0.281. The second-order valence-corrected chi connectivity index (χ2v) is 8.04. The maximum atomic E-state index is 12.6. The summed E-state index contributed by atoms with van der Waals surface area (Å²) in [6, 6.07) is 10.9. The third kappa shape index (κ3) is 4.44. The average Bonchev–Trinajstić information content (AvgIpc) is 3.36. The standard InChI is InChI=1S/C22H23N3O4S/c1-15-4-3-5-17(12-15)20(26)23-22-25(16(2)14-30-22)13-18-6-7-19(29-18)21(27)24-8-10-28-11-9-24/h3-7,12,14H,8-11,13H2,1-2H3. The number of morpholine rings is 1. The molecule has 1 aliphatic heterocycles. The average molecular weight is 426 g/mol. The molecule has 0 spiro atoms. The van der Waals surface area contributed by atoms with Crippen LogP contribution in [0.4, 0.5) is 0 Å². The van der Waals surface area contributed by atoms with Crippen LogP contribution in [0.2, 0.25) is 0 Å². The van der Waals surface area contributed by atoms with Gasteiger partial charge in [-0.2, -0.15) is 4.99 Å². The predicted octanol–water partition coefficient (Wildman–Crippen LogP) is 3.02. The Labute approximate surface area is 178 Å². The highest BCUT2D eigenvalue weighted by atomic mass is 32.1. The molecule has 156 valence electrons. The summed E-state index contributed by atoms with van der Waals surface area (Å²) in [4.78, 5) is 31.8. The van der Waals surface area contributed by atoms with E-state index in [2.05, 4.69) is 4.99 Å². The third-order valence-corrected chi connectivity index (χ3v) is 5.92. The first-order chi connectivity index (χ1) is 14.5. The Morgan fingerprint density at radius 3 is 2.70 bits per heavy atom. The number of furan rings is 1. The SMILES string of the molecule is Cc1cccc(C(=O)N=c2scc(C)n2Cc2ccc(C(=O)N3CCOCC3)o2)c1. The summed E-state index contributed by atoms with van der Waals surface area (Å²) in [6.45, 7) is 6.51. The molecule has 8 heteroatoms. The minimum Gasteiger partial charge on any atom is -0.454 e. The van der Waals surface area contributed by atoms with Crippen LogP contribution in [0.25, 0.3) is 0 Å².